The molecule has 3 N–H and O–H groups in total. The van der Waals surface area contributed by atoms with E-state index in [-0.39, 0.29) is 10.6 Å². The summed E-state index contributed by atoms with van der Waals surface area (Å²) >= 11 is 0. The van der Waals surface area contributed by atoms with Crippen molar-refractivity contribution in [1.29, 1.82) is 0 Å². The fourth-order valence-corrected chi connectivity index (χ4v) is 2.90. The molecule has 0 aromatic heterocycles. The van der Waals surface area contributed by atoms with Crippen LogP contribution in [0.3, 0.4) is 0 Å². The number of anilines is 2. The largest absolute Gasteiger partial charge is 0.334 e. The van der Waals surface area contributed by atoms with E-state index in [1.165, 1.54) is 36.4 Å². The summed E-state index contributed by atoms with van der Waals surface area (Å²) in [5.41, 5.74) is 0.779. The molecule has 0 saturated carbocycles. The lowest BCUT2D eigenvalue weighted by Crippen LogP contribution is -2.28. The third-order valence-electron chi connectivity index (χ3n) is 2.91. The summed E-state index contributed by atoms with van der Waals surface area (Å²) in [6, 6.07) is 10.4. The summed E-state index contributed by atoms with van der Waals surface area (Å²) in [5.74, 6) is -0.636. The average molecular weight is 349 g/mol. The fraction of sp³-hybridized carbons (Fsp3) is 0.0625. The molecule has 2 amide bonds. The molecule has 0 spiro atoms. The van der Waals surface area contributed by atoms with Crippen LogP contribution in [-0.2, 0) is 10.0 Å². The van der Waals surface area contributed by atoms with Crippen molar-refractivity contribution in [3.63, 3.8) is 0 Å². The molecule has 0 fully saturated rings. The molecule has 0 saturated heterocycles. The van der Waals surface area contributed by atoms with Gasteiger partial charge in [-0.1, -0.05) is 12.1 Å². The van der Waals surface area contributed by atoms with E-state index >= 15 is 0 Å². The first-order chi connectivity index (χ1) is 11.4. The topological polar surface area (TPSA) is 87.3 Å². The van der Waals surface area contributed by atoms with E-state index in [1.807, 2.05) is 0 Å². The van der Waals surface area contributed by atoms with Crippen LogP contribution in [0.4, 0.5) is 20.6 Å². The van der Waals surface area contributed by atoms with Gasteiger partial charge in [0, 0.05) is 17.9 Å². The van der Waals surface area contributed by atoms with Gasteiger partial charge in [0.05, 0.1) is 4.90 Å². The predicted molar refractivity (Wildman–Crippen MR) is 90.9 cm³/mol. The number of hydrogen-bond acceptors (Lipinski definition) is 3. The van der Waals surface area contributed by atoms with Gasteiger partial charge in [0.15, 0.2) is 0 Å². The Hall–Kier alpha value is -2.87. The second-order valence-electron chi connectivity index (χ2n) is 4.76. The Morgan fingerprint density at radius 1 is 1.12 bits per heavy atom. The Kier molecular flexibility index (Phi) is 5.54. The summed E-state index contributed by atoms with van der Waals surface area (Å²) in [5, 5.41) is 5.13. The standard InChI is InChI=1S/C16H16FN3O3S/c1-2-10-18-16(21)19-13-6-8-14(9-7-13)20-24(22,23)15-5-3-4-12(17)11-15/h2-9,11,20H,1,10H2,(H2,18,19,21). The molecule has 2 rings (SSSR count). The number of carbonyl (C=O) groups is 1. The smallest absolute Gasteiger partial charge is 0.319 e. The molecule has 24 heavy (non-hydrogen) atoms. The van der Waals surface area contributed by atoms with Gasteiger partial charge in [-0.15, -0.1) is 6.58 Å². The summed E-state index contributed by atoms with van der Waals surface area (Å²) in [7, 11) is -3.88. The summed E-state index contributed by atoms with van der Waals surface area (Å²) in [6.45, 7) is 3.82. The minimum atomic E-state index is -3.88. The Bertz CT molecular complexity index is 836. The molecule has 126 valence electrons. The van der Waals surface area contributed by atoms with Gasteiger partial charge in [0.2, 0.25) is 0 Å². The highest BCUT2D eigenvalue weighted by molar-refractivity contribution is 7.92. The van der Waals surface area contributed by atoms with E-state index in [0.29, 0.717) is 12.2 Å². The molecule has 0 aliphatic rings. The van der Waals surface area contributed by atoms with Crippen LogP contribution < -0.4 is 15.4 Å². The average Bonchev–Trinajstić information content (AvgIpc) is 2.54. The van der Waals surface area contributed by atoms with Crippen LogP contribution in [-0.4, -0.2) is 21.0 Å². The Balaban J connectivity index is 2.06. The molecular formula is C16H16FN3O3S. The quantitative estimate of drug-likeness (QED) is 0.701. The van der Waals surface area contributed by atoms with Gasteiger partial charge in [0.1, 0.15) is 5.82 Å². The molecule has 6 nitrogen and oxygen atoms in total. The van der Waals surface area contributed by atoms with Gasteiger partial charge in [-0.3, -0.25) is 4.72 Å². The van der Waals surface area contributed by atoms with Crippen LogP contribution in [0, 0.1) is 5.82 Å². The third-order valence-corrected chi connectivity index (χ3v) is 4.29. The van der Waals surface area contributed by atoms with Crippen molar-refractivity contribution >= 4 is 27.4 Å². The SMILES string of the molecule is C=CCNC(=O)Nc1ccc(NS(=O)(=O)c2cccc(F)c2)cc1. The van der Waals surface area contributed by atoms with Crippen molar-refractivity contribution in [2.45, 2.75) is 4.90 Å². The van der Waals surface area contributed by atoms with Gasteiger partial charge in [-0.05, 0) is 42.5 Å². The first-order valence-corrected chi connectivity index (χ1v) is 8.43. The maximum absolute atomic E-state index is 13.2. The van der Waals surface area contributed by atoms with Crippen LogP contribution >= 0.6 is 0 Å². The van der Waals surface area contributed by atoms with E-state index in [2.05, 4.69) is 21.9 Å². The zero-order valence-electron chi connectivity index (χ0n) is 12.6. The van der Waals surface area contributed by atoms with Crippen LogP contribution in [0.5, 0.6) is 0 Å². The Morgan fingerprint density at radius 2 is 1.79 bits per heavy atom. The molecule has 0 unspecified atom stereocenters. The Labute approximate surface area is 139 Å². The van der Waals surface area contributed by atoms with Crippen LogP contribution in [0.25, 0.3) is 0 Å². The van der Waals surface area contributed by atoms with Crippen LogP contribution in [0.15, 0.2) is 66.1 Å². The monoisotopic (exact) mass is 349 g/mol. The zero-order valence-corrected chi connectivity index (χ0v) is 13.4. The lowest BCUT2D eigenvalue weighted by Gasteiger charge is -2.10. The normalized spacial score (nSPS) is 10.7. The number of halogens is 1. The minimum absolute atomic E-state index is 0.173. The van der Waals surface area contributed by atoms with Crippen molar-refractivity contribution in [2.24, 2.45) is 0 Å². The molecule has 0 heterocycles. The molecule has 0 aliphatic heterocycles. The number of benzene rings is 2. The van der Waals surface area contributed by atoms with Crippen molar-refractivity contribution < 1.29 is 17.6 Å². The molecule has 2 aromatic rings. The molecular weight excluding hydrogens is 333 g/mol. The van der Waals surface area contributed by atoms with E-state index in [1.54, 1.807) is 6.08 Å². The lowest BCUT2D eigenvalue weighted by molar-refractivity contribution is 0.253. The fourth-order valence-electron chi connectivity index (χ4n) is 1.81. The van der Waals surface area contributed by atoms with Crippen LogP contribution in [0.1, 0.15) is 0 Å². The van der Waals surface area contributed by atoms with Gasteiger partial charge < -0.3 is 10.6 Å². The molecule has 0 bridgehead atoms. The van der Waals surface area contributed by atoms with E-state index < -0.39 is 21.9 Å². The molecule has 0 radical (unpaired) electrons. The highest BCUT2D eigenvalue weighted by Gasteiger charge is 2.14. The van der Waals surface area contributed by atoms with Crippen LogP contribution in [0.2, 0.25) is 0 Å². The van der Waals surface area contributed by atoms with Crippen molar-refractivity contribution in [1.82, 2.24) is 5.32 Å². The lowest BCUT2D eigenvalue weighted by atomic mass is 10.3. The molecule has 0 aliphatic carbocycles. The number of sulfonamides is 1. The Morgan fingerprint density at radius 3 is 2.42 bits per heavy atom. The highest BCUT2D eigenvalue weighted by Crippen LogP contribution is 2.18. The van der Waals surface area contributed by atoms with E-state index in [0.717, 1.165) is 12.1 Å². The third kappa shape index (κ3) is 4.82. The second-order valence-corrected chi connectivity index (χ2v) is 6.45. The number of nitrogens with one attached hydrogen (secondary N) is 3. The zero-order chi connectivity index (χ0) is 17.6. The first-order valence-electron chi connectivity index (χ1n) is 6.95. The van der Waals surface area contributed by atoms with Crippen molar-refractivity contribution in [2.75, 3.05) is 16.6 Å². The number of rotatable bonds is 6. The second kappa shape index (κ2) is 7.60. The predicted octanol–water partition coefficient (Wildman–Crippen LogP) is 2.93. The maximum Gasteiger partial charge on any atom is 0.319 e. The van der Waals surface area contributed by atoms with Gasteiger partial charge >= 0.3 is 6.03 Å². The number of urea groups is 1. The maximum atomic E-state index is 13.2. The van der Waals surface area contributed by atoms with Gasteiger partial charge in [0.25, 0.3) is 10.0 Å². The summed E-state index contributed by atoms with van der Waals surface area (Å²) in [4.78, 5) is 11.3. The van der Waals surface area contributed by atoms with Gasteiger partial charge in [-0.25, -0.2) is 17.6 Å². The highest BCUT2D eigenvalue weighted by atomic mass is 32.2. The van der Waals surface area contributed by atoms with E-state index in [9.17, 15) is 17.6 Å². The number of carbonyl (C=O) groups excluding carboxylic acids is 1. The van der Waals surface area contributed by atoms with Crippen molar-refractivity contribution in [3.8, 4) is 0 Å². The van der Waals surface area contributed by atoms with Crippen molar-refractivity contribution in [3.05, 3.63) is 67.0 Å². The molecule has 8 heteroatoms. The van der Waals surface area contributed by atoms with Gasteiger partial charge in [-0.2, -0.15) is 0 Å². The minimum Gasteiger partial charge on any atom is -0.334 e. The summed E-state index contributed by atoms with van der Waals surface area (Å²) in [6.07, 6.45) is 1.55. The number of amides is 2. The molecule has 2 aromatic carbocycles. The number of hydrogen-bond donors (Lipinski definition) is 3. The first kappa shape index (κ1) is 17.5. The van der Waals surface area contributed by atoms with E-state index in [4.69, 9.17) is 0 Å². The summed E-state index contributed by atoms with van der Waals surface area (Å²) < 4.78 is 39.8. The molecule has 0 atom stereocenters.